The molecule has 0 aromatic heterocycles. The van der Waals surface area contributed by atoms with Gasteiger partial charge in [-0.2, -0.15) is 0 Å². The zero-order valence-electron chi connectivity index (χ0n) is 9.93. The van der Waals surface area contributed by atoms with Crippen molar-refractivity contribution >= 4 is 0 Å². The van der Waals surface area contributed by atoms with Gasteiger partial charge >= 0.3 is 0 Å². The predicted molar refractivity (Wildman–Crippen MR) is 62.6 cm³/mol. The monoisotopic (exact) mass is 238 g/mol. The largest absolute Gasteiger partial charge is 0.497 e. The molecule has 1 saturated carbocycles. The van der Waals surface area contributed by atoms with E-state index in [2.05, 4.69) is 0 Å². The van der Waals surface area contributed by atoms with Crippen LogP contribution in [0.3, 0.4) is 0 Å². The first-order valence-corrected chi connectivity index (χ1v) is 5.79. The molecule has 0 heterocycles. The Morgan fingerprint density at radius 1 is 1.35 bits per heavy atom. The highest BCUT2D eigenvalue weighted by atomic mass is 16.6. The lowest BCUT2D eigenvalue weighted by Gasteiger charge is -2.22. The molecule has 1 fully saturated rings. The van der Waals surface area contributed by atoms with E-state index in [9.17, 15) is 10.2 Å². The maximum absolute atomic E-state index is 10.0. The average Bonchev–Trinajstić information content (AvgIpc) is 2.68. The molecule has 2 N–H and O–H groups in total. The van der Waals surface area contributed by atoms with Crippen LogP contribution in [0.4, 0.5) is 0 Å². The normalized spacial score (nSPS) is 28.3. The number of benzene rings is 1. The van der Waals surface area contributed by atoms with Crippen molar-refractivity contribution in [1.82, 2.24) is 0 Å². The van der Waals surface area contributed by atoms with Crippen LogP contribution in [0, 0.1) is 0 Å². The van der Waals surface area contributed by atoms with E-state index in [4.69, 9.17) is 9.47 Å². The van der Waals surface area contributed by atoms with Crippen LogP contribution in [-0.4, -0.2) is 29.2 Å². The Morgan fingerprint density at radius 3 is 2.59 bits per heavy atom. The molecule has 94 valence electrons. The molecule has 1 aliphatic rings. The number of hydrogen-bond donors (Lipinski definition) is 2. The Labute approximate surface area is 101 Å². The van der Waals surface area contributed by atoms with Gasteiger partial charge in [0.05, 0.1) is 19.8 Å². The number of ether oxygens (including phenoxy) is 2. The van der Waals surface area contributed by atoms with Crippen molar-refractivity contribution in [2.45, 2.75) is 37.8 Å². The summed E-state index contributed by atoms with van der Waals surface area (Å²) in [5, 5.41) is 19.4. The van der Waals surface area contributed by atoms with E-state index in [1.165, 1.54) is 0 Å². The van der Waals surface area contributed by atoms with E-state index in [0.717, 1.165) is 11.3 Å². The lowest BCUT2D eigenvalue weighted by molar-refractivity contribution is -0.208. The second-order valence-electron chi connectivity index (χ2n) is 4.48. The van der Waals surface area contributed by atoms with Crippen LogP contribution in [0.1, 0.15) is 24.8 Å². The smallest absolute Gasteiger partial charge is 0.168 e. The molecule has 0 radical (unpaired) electrons. The Bertz CT molecular complexity index is 362. The van der Waals surface area contributed by atoms with Gasteiger partial charge < -0.3 is 19.7 Å². The summed E-state index contributed by atoms with van der Waals surface area (Å²) < 4.78 is 10.5. The van der Waals surface area contributed by atoms with Crippen LogP contribution in [-0.2, 0) is 11.3 Å². The first kappa shape index (κ1) is 12.4. The zero-order valence-corrected chi connectivity index (χ0v) is 9.93. The Balaban J connectivity index is 1.89. The topological polar surface area (TPSA) is 58.9 Å². The molecule has 0 aliphatic heterocycles. The summed E-state index contributed by atoms with van der Waals surface area (Å²) in [6, 6.07) is 7.50. The van der Waals surface area contributed by atoms with Crippen LogP contribution in [0.25, 0.3) is 0 Å². The van der Waals surface area contributed by atoms with Crippen LogP contribution in [0.15, 0.2) is 24.3 Å². The lowest BCUT2D eigenvalue weighted by Crippen LogP contribution is -2.29. The second-order valence-corrected chi connectivity index (χ2v) is 4.48. The molecule has 2 rings (SSSR count). The molecule has 0 saturated heterocycles. The van der Waals surface area contributed by atoms with Crippen LogP contribution in [0.5, 0.6) is 5.75 Å². The number of rotatable bonds is 4. The summed E-state index contributed by atoms with van der Waals surface area (Å²) in [5.74, 6) is -0.372. The highest BCUT2D eigenvalue weighted by molar-refractivity contribution is 5.26. The molecule has 0 amide bonds. The van der Waals surface area contributed by atoms with Crippen molar-refractivity contribution in [3.63, 3.8) is 0 Å². The summed E-state index contributed by atoms with van der Waals surface area (Å²) in [6.07, 6.45) is 0.933. The summed E-state index contributed by atoms with van der Waals surface area (Å²) in [7, 11) is 1.62. The van der Waals surface area contributed by atoms with E-state index in [0.29, 0.717) is 25.9 Å². The third kappa shape index (κ3) is 3.19. The van der Waals surface area contributed by atoms with Gasteiger partial charge in [0.2, 0.25) is 0 Å². The minimum absolute atomic E-state index is 0.295. The van der Waals surface area contributed by atoms with Crippen LogP contribution >= 0.6 is 0 Å². The number of methoxy groups -OCH3 is 1. The van der Waals surface area contributed by atoms with E-state index in [1.807, 2.05) is 24.3 Å². The molecular formula is C13H18O4. The third-order valence-electron chi connectivity index (χ3n) is 3.09. The maximum Gasteiger partial charge on any atom is 0.168 e. The van der Waals surface area contributed by atoms with Gasteiger partial charge in [0.1, 0.15) is 5.75 Å². The van der Waals surface area contributed by atoms with Crippen molar-refractivity contribution in [2.24, 2.45) is 0 Å². The molecular weight excluding hydrogens is 220 g/mol. The molecule has 1 aromatic carbocycles. The van der Waals surface area contributed by atoms with Gasteiger partial charge in [-0.3, -0.25) is 0 Å². The van der Waals surface area contributed by atoms with Crippen LogP contribution in [0.2, 0.25) is 0 Å². The molecule has 1 aliphatic carbocycles. The van der Waals surface area contributed by atoms with Crippen LogP contribution < -0.4 is 4.74 Å². The molecule has 4 nitrogen and oxygen atoms in total. The minimum Gasteiger partial charge on any atom is -0.497 e. The molecule has 2 unspecified atom stereocenters. The number of hydrogen-bond acceptors (Lipinski definition) is 4. The average molecular weight is 238 g/mol. The fourth-order valence-electron chi connectivity index (χ4n) is 2.03. The first-order chi connectivity index (χ1) is 8.11. The van der Waals surface area contributed by atoms with Gasteiger partial charge in [-0.1, -0.05) is 12.1 Å². The first-order valence-electron chi connectivity index (χ1n) is 5.79. The highest BCUT2D eigenvalue weighted by Gasteiger charge is 2.37. The molecule has 0 spiro atoms. The van der Waals surface area contributed by atoms with E-state index in [1.54, 1.807) is 7.11 Å². The zero-order chi connectivity index (χ0) is 12.3. The van der Waals surface area contributed by atoms with Crippen molar-refractivity contribution in [1.29, 1.82) is 0 Å². The third-order valence-corrected chi connectivity index (χ3v) is 3.09. The highest BCUT2D eigenvalue weighted by Crippen LogP contribution is 2.31. The SMILES string of the molecule is COc1ccc(COC2(O)CCC(O)C2)cc1. The Kier molecular flexibility index (Phi) is 3.66. The number of aliphatic hydroxyl groups is 2. The second kappa shape index (κ2) is 5.04. The predicted octanol–water partition coefficient (Wildman–Crippen LogP) is 1.45. The molecule has 1 aromatic rings. The summed E-state index contributed by atoms with van der Waals surface area (Å²) >= 11 is 0. The standard InChI is InChI=1S/C13H18O4/c1-16-12-4-2-10(3-5-12)9-17-13(15)7-6-11(14)8-13/h2-5,11,14-15H,6-9H2,1H3. The molecule has 2 atom stereocenters. The summed E-state index contributed by atoms with van der Waals surface area (Å²) in [5.41, 5.74) is 0.973. The maximum atomic E-state index is 10.0. The van der Waals surface area contributed by atoms with E-state index >= 15 is 0 Å². The fourth-order valence-corrected chi connectivity index (χ4v) is 2.03. The summed E-state index contributed by atoms with van der Waals surface area (Å²) in [6.45, 7) is 0.340. The quantitative estimate of drug-likeness (QED) is 0.779. The van der Waals surface area contributed by atoms with Crippen molar-refractivity contribution in [3.05, 3.63) is 29.8 Å². The van der Waals surface area contributed by atoms with Gasteiger partial charge in [-0.25, -0.2) is 0 Å². The molecule has 17 heavy (non-hydrogen) atoms. The lowest BCUT2D eigenvalue weighted by atomic mass is 10.2. The molecule has 0 bridgehead atoms. The Morgan fingerprint density at radius 2 is 2.06 bits per heavy atom. The van der Waals surface area contributed by atoms with E-state index < -0.39 is 11.9 Å². The van der Waals surface area contributed by atoms with E-state index in [-0.39, 0.29) is 0 Å². The van der Waals surface area contributed by atoms with Crippen molar-refractivity contribution in [2.75, 3.05) is 7.11 Å². The van der Waals surface area contributed by atoms with Crippen molar-refractivity contribution < 1.29 is 19.7 Å². The van der Waals surface area contributed by atoms with Gasteiger partial charge in [0.15, 0.2) is 5.79 Å². The van der Waals surface area contributed by atoms with Gasteiger partial charge in [0.25, 0.3) is 0 Å². The number of aliphatic hydroxyl groups excluding tert-OH is 1. The minimum atomic E-state index is -1.17. The Hall–Kier alpha value is -1.10. The van der Waals surface area contributed by atoms with Gasteiger partial charge in [-0.05, 0) is 24.1 Å². The summed E-state index contributed by atoms with van der Waals surface area (Å²) in [4.78, 5) is 0. The van der Waals surface area contributed by atoms with Gasteiger partial charge in [0, 0.05) is 12.8 Å². The molecule has 4 heteroatoms. The van der Waals surface area contributed by atoms with Crippen molar-refractivity contribution in [3.8, 4) is 5.75 Å². The van der Waals surface area contributed by atoms with Gasteiger partial charge in [-0.15, -0.1) is 0 Å². The fraction of sp³-hybridized carbons (Fsp3) is 0.538.